The van der Waals surface area contributed by atoms with Gasteiger partial charge in [-0.05, 0) is 12.6 Å². The first kappa shape index (κ1) is 14.5. The summed E-state index contributed by atoms with van der Waals surface area (Å²) in [6.07, 6.45) is 3.53. The Morgan fingerprint density at radius 3 is 1.86 bits per heavy atom. The molecule has 0 spiro atoms. The molecule has 0 bridgehead atoms. The molecule has 0 aromatic carbocycles. The minimum Gasteiger partial charge on any atom is -0.376 e. The highest BCUT2D eigenvalue weighted by molar-refractivity contribution is 7.42. The summed E-state index contributed by atoms with van der Waals surface area (Å²) in [6.45, 7) is 4.38. The van der Waals surface area contributed by atoms with E-state index in [-0.39, 0.29) is 0 Å². The van der Waals surface area contributed by atoms with Crippen LogP contribution in [0.2, 0.25) is 0 Å². The monoisotopic (exact) mass is 238 g/mol. The van der Waals surface area contributed by atoms with Crippen LogP contribution in [0, 0.1) is 0 Å². The molecule has 0 aromatic rings. The van der Waals surface area contributed by atoms with E-state index in [1.807, 2.05) is 0 Å². The molecule has 5 heteroatoms. The summed E-state index contributed by atoms with van der Waals surface area (Å²) in [5, 5.41) is 0.461. The van der Waals surface area contributed by atoms with Crippen molar-refractivity contribution in [2.45, 2.75) is 32.0 Å². The fraction of sp³-hybridized carbons (Fsp3) is 1.00. The van der Waals surface area contributed by atoms with Crippen molar-refractivity contribution in [1.82, 2.24) is 0 Å². The molecule has 0 aliphatic rings. The molecule has 0 rings (SSSR count). The second-order valence-electron chi connectivity index (χ2n) is 3.13. The van der Waals surface area contributed by atoms with Crippen LogP contribution < -0.4 is 0 Å². The Bertz CT molecular complexity index is 134. The lowest BCUT2D eigenvalue weighted by atomic mass is 10.6. The molecule has 0 aliphatic carbocycles. The van der Waals surface area contributed by atoms with E-state index in [0.717, 1.165) is 15.0 Å². The Hall–Kier alpha value is 0.527. The summed E-state index contributed by atoms with van der Waals surface area (Å²) in [5.74, 6) is 0. The van der Waals surface area contributed by atoms with Gasteiger partial charge in [0.2, 0.25) is 0 Å². The van der Waals surface area contributed by atoms with Crippen LogP contribution in [0.3, 0.4) is 0 Å². The zero-order chi connectivity index (χ0) is 11.0. The fourth-order valence-corrected chi connectivity index (χ4v) is 6.79. The van der Waals surface area contributed by atoms with Crippen LogP contribution in [-0.2, 0) is 13.3 Å². The van der Waals surface area contributed by atoms with Crippen molar-refractivity contribution < 1.29 is 13.3 Å². The van der Waals surface area contributed by atoms with Gasteiger partial charge in [0.15, 0.2) is 0 Å². The molecule has 0 saturated heterocycles. The van der Waals surface area contributed by atoms with Gasteiger partial charge in [0.05, 0.1) is 0 Å². The van der Waals surface area contributed by atoms with Crippen LogP contribution in [0.25, 0.3) is 0 Å². The fourth-order valence-electron chi connectivity index (χ4n) is 1.51. The van der Waals surface area contributed by atoms with E-state index in [4.69, 9.17) is 13.3 Å². The van der Waals surface area contributed by atoms with Gasteiger partial charge in [0.25, 0.3) is 0 Å². The Morgan fingerprint density at radius 2 is 1.57 bits per heavy atom. The molecule has 0 aliphatic heterocycles. The molecule has 0 radical (unpaired) electrons. The van der Waals surface area contributed by atoms with E-state index in [1.54, 1.807) is 21.3 Å². The smallest absolute Gasteiger partial charge is 0.376 e. The number of hydrogen-bond donors (Lipinski definition) is 0. The molecular weight excluding hydrogens is 215 g/mol. The lowest BCUT2D eigenvalue weighted by Gasteiger charge is -2.31. The van der Waals surface area contributed by atoms with Crippen molar-refractivity contribution in [3.63, 3.8) is 0 Å². The molecule has 2 atom stereocenters. The van der Waals surface area contributed by atoms with Crippen LogP contribution in [0.4, 0.5) is 0 Å². The Labute approximate surface area is 90.7 Å². The maximum atomic E-state index is 5.49. The van der Waals surface area contributed by atoms with Gasteiger partial charge in [-0.15, -0.1) is 8.58 Å². The summed E-state index contributed by atoms with van der Waals surface area (Å²) in [4.78, 5) is 0. The molecular formula is C9H23O3PSi. The molecule has 14 heavy (non-hydrogen) atoms. The quantitative estimate of drug-likeness (QED) is 0.479. The van der Waals surface area contributed by atoms with E-state index < -0.39 is 8.80 Å². The van der Waals surface area contributed by atoms with Crippen LogP contribution in [0.15, 0.2) is 0 Å². The zero-order valence-corrected chi connectivity index (χ0v) is 11.9. The van der Waals surface area contributed by atoms with Crippen molar-refractivity contribution in [3.05, 3.63) is 0 Å². The molecule has 0 aromatic heterocycles. The third kappa shape index (κ3) is 3.59. The van der Waals surface area contributed by atoms with Gasteiger partial charge in [-0.3, -0.25) is 0 Å². The van der Waals surface area contributed by atoms with Gasteiger partial charge in [-0.2, -0.15) is 0 Å². The van der Waals surface area contributed by atoms with Crippen LogP contribution in [-0.4, -0.2) is 41.6 Å². The van der Waals surface area contributed by atoms with Crippen molar-refractivity contribution in [3.8, 4) is 0 Å². The van der Waals surface area contributed by atoms with Gasteiger partial charge in [-0.25, -0.2) is 0 Å². The van der Waals surface area contributed by atoms with Gasteiger partial charge >= 0.3 is 8.80 Å². The van der Waals surface area contributed by atoms with Crippen LogP contribution >= 0.6 is 8.58 Å². The molecule has 86 valence electrons. The van der Waals surface area contributed by atoms with E-state index in [1.165, 1.54) is 12.6 Å². The molecule has 0 heterocycles. The second-order valence-corrected chi connectivity index (χ2v) is 8.44. The Morgan fingerprint density at radius 1 is 1.07 bits per heavy atom. The first-order valence-electron chi connectivity index (χ1n) is 5.09. The normalized spacial score (nSPS) is 15.2. The lowest BCUT2D eigenvalue weighted by Crippen LogP contribution is -2.52. The predicted molar refractivity (Wildman–Crippen MR) is 64.3 cm³/mol. The highest BCUT2D eigenvalue weighted by Crippen LogP contribution is 2.32. The minimum absolute atomic E-state index is 0.461. The Kier molecular flexibility index (Phi) is 8.06. The average molecular weight is 238 g/mol. The maximum Gasteiger partial charge on any atom is 0.507 e. The molecule has 0 amide bonds. The molecule has 0 fully saturated rings. The van der Waals surface area contributed by atoms with E-state index in [2.05, 4.69) is 13.8 Å². The zero-order valence-electron chi connectivity index (χ0n) is 9.92. The topological polar surface area (TPSA) is 27.7 Å². The predicted octanol–water partition coefficient (Wildman–Crippen LogP) is 2.27. The summed E-state index contributed by atoms with van der Waals surface area (Å²) in [7, 11) is 3.59. The Balaban J connectivity index is 4.40. The van der Waals surface area contributed by atoms with Crippen LogP contribution in [0.1, 0.15) is 26.7 Å². The van der Waals surface area contributed by atoms with Crippen LogP contribution in [0.5, 0.6) is 0 Å². The summed E-state index contributed by atoms with van der Waals surface area (Å²) >= 11 is 0. The number of hydrogen-bond acceptors (Lipinski definition) is 3. The largest absolute Gasteiger partial charge is 0.507 e. The molecule has 0 N–H and O–H groups in total. The van der Waals surface area contributed by atoms with E-state index in [0.29, 0.717) is 5.28 Å². The molecule has 0 saturated carbocycles. The van der Waals surface area contributed by atoms with Gasteiger partial charge in [0, 0.05) is 26.6 Å². The third-order valence-electron chi connectivity index (χ3n) is 2.33. The summed E-state index contributed by atoms with van der Waals surface area (Å²) in [6, 6.07) is 0. The number of rotatable bonds is 8. The SMILES string of the molecule is CCCPC(CC)[Si](OC)(OC)OC. The third-order valence-corrected chi connectivity index (χ3v) is 8.66. The average Bonchev–Trinajstić information content (AvgIpc) is 2.25. The van der Waals surface area contributed by atoms with Gasteiger partial charge < -0.3 is 13.3 Å². The van der Waals surface area contributed by atoms with Gasteiger partial charge in [0.1, 0.15) is 0 Å². The summed E-state index contributed by atoms with van der Waals surface area (Å²) in [5.41, 5.74) is 0. The van der Waals surface area contributed by atoms with Crippen molar-refractivity contribution in [2.75, 3.05) is 27.5 Å². The van der Waals surface area contributed by atoms with Gasteiger partial charge in [-0.1, -0.05) is 20.3 Å². The first-order valence-corrected chi connectivity index (χ1v) is 8.18. The van der Waals surface area contributed by atoms with E-state index in [9.17, 15) is 0 Å². The highest BCUT2D eigenvalue weighted by Gasteiger charge is 2.45. The van der Waals surface area contributed by atoms with Crippen molar-refractivity contribution >= 4 is 17.4 Å². The molecule has 3 nitrogen and oxygen atoms in total. The second kappa shape index (κ2) is 7.77. The standard InChI is InChI=1S/C9H23O3PSi/c1-6-8-13-9(7-2)14(10-3,11-4)12-5/h9,13H,6-8H2,1-5H3. The first-order chi connectivity index (χ1) is 6.70. The highest BCUT2D eigenvalue weighted by atomic mass is 31.1. The molecule has 2 unspecified atom stereocenters. The summed E-state index contributed by atoms with van der Waals surface area (Å²) < 4.78 is 16.5. The van der Waals surface area contributed by atoms with E-state index >= 15 is 0 Å². The van der Waals surface area contributed by atoms with Crippen molar-refractivity contribution in [1.29, 1.82) is 0 Å². The lowest BCUT2D eigenvalue weighted by molar-refractivity contribution is 0.121. The van der Waals surface area contributed by atoms with Crippen molar-refractivity contribution in [2.24, 2.45) is 0 Å². The minimum atomic E-state index is -2.37. The maximum absolute atomic E-state index is 5.49.